The Bertz CT molecular complexity index is 408. The summed E-state index contributed by atoms with van der Waals surface area (Å²) in [5.74, 6) is 2.46. The minimum absolute atomic E-state index is 0.0307. The van der Waals surface area contributed by atoms with Gasteiger partial charge in [-0.25, -0.2) is 0 Å². The Hall–Kier alpha value is -1.31. The van der Waals surface area contributed by atoms with Gasteiger partial charge in [0.2, 0.25) is 5.91 Å². The van der Waals surface area contributed by atoms with E-state index in [1.54, 1.807) is 11.9 Å². The standard InChI is InChI=1S/C13H15BrN2O/c1-3-8-15-9-13(17)16(2)10-11-4-6-12(14)7-5-11/h1,4-7,15H,8-10H2,2H3. The normalized spacial score (nSPS) is 9.71. The number of halogens is 1. The molecule has 17 heavy (non-hydrogen) atoms. The molecule has 0 aliphatic heterocycles. The molecule has 1 N–H and O–H groups in total. The molecule has 0 saturated heterocycles. The molecule has 4 heteroatoms. The minimum atomic E-state index is 0.0307. The second kappa shape index (κ2) is 7.10. The zero-order valence-corrected chi connectivity index (χ0v) is 11.3. The van der Waals surface area contributed by atoms with E-state index < -0.39 is 0 Å². The molecule has 0 heterocycles. The van der Waals surface area contributed by atoms with Crippen molar-refractivity contribution in [3.05, 3.63) is 34.3 Å². The number of amides is 1. The predicted octanol–water partition coefficient (Wildman–Crippen LogP) is 1.63. The van der Waals surface area contributed by atoms with Gasteiger partial charge in [0, 0.05) is 18.1 Å². The number of hydrogen-bond acceptors (Lipinski definition) is 2. The van der Waals surface area contributed by atoms with E-state index in [4.69, 9.17) is 6.42 Å². The van der Waals surface area contributed by atoms with Gasteiger partial charge in [0.05, 0.1) is 13.1 Å². The van der Waals surface area contributed by atoms with E-state index in [2.05, 4.69) is 27.2 Å². The summed E-state index contributed by atoms with van der Waals surface area (Å²) in [5.41, 5.74) is 1.10. The molecule has 1 rings (SSSR count). The SMILES string of the molecule is C#CCNCC(=O)N(C)Cc1ccc(Br)cc1. The van der Waals surface area contributed by atoms with Gasteiger partial charge in [-0.05, 0) is 17.7 Å². The van der Waals surface area contributed by atoms with E-state index in [1.807, 2.05) is 24.3 Å². The molecule has 0 atom stereocenters. The maximum absolute atomic E-state index is 11.7. The fourth-order valence-electron chi connectivity index (χ4n) is 1.33. The fraction of sp³-hybridized carbons (Fsp3) is 0.308. The minimum Gasteiger partial charge on any atom is -0.340 e. The molecular formula is C13H15BrN2O. The van der Waals surface area contributed by atoms with Crippen molar-refractivity contribution in [2.45, 2.75) is 6.54 Å². The lowest BCUT2D eigenvalue weighted by Gasteiger charge is -2.17. The summed E-state index contributed by atoms with van der Waals surface area (Å²) in [6.45, 7) is 1.29. The first-order valence-electron chi connectivity index (χ1n) is 5.26. The Morgan fingerprint density at radius 2 is 2.12 bits per heavy atom. The van der Waals surface area contributed by atoms with Crippen LogP contribution in [0.2, 0.25) is 0 Å². The first-order valence-corrected chi connectivity index (χ1v) is 6.05. The first kappa shape index (κ1) is 13.8. The van der Waals surface area contributed by atoms with Crippen LogP contribution in [0, 0.1) is 12.3 Å². The van der Waals surface area contributed by atoms with Crippen LogP contribution in [0.1, 0.15) is 5.56 Å². The van der Waals surface area contributed by atoms with Crippen LogP contribution < -0.4 is 5.32 Å². The van der Waals surface area contributed by atoms with Gasteiger partial charge in [0.1, 0.15) is 0 Å². The highest BCUT2D eigenvalue weighted by molar-refractivity contribution is 9.10. The number of nitrogens with zero attached hydrogens (tertiary/aromatic N) is 1. The third-order valence-corrected chi connectivity index (χ3v) is 2.79. The van der Waals surface area contributed by atoms with Crippen LogP contribution in [0.3, 0.4) is 0 Å². The molecule has 0 aliphatic carbocycles. The van der Waals surface area contributed by atoms with Gasteiger partial charge in [-0.1, -0.05) is 34.0 Å². The lowest BCUT2D eigenvalue weighted by molar-refractivity contribution is -0.129. The third kappa shape index (κ3) is 5.03. The van der Waals surface area contributed by atoms with Gasteiger partial charge in [-0.3, -0.25) is 10.1 Å². The van der Waals surface area contributed by atoms with Crippen LogP contribution in [0.5, 0.6) is 0 Å². The molecule has 90 valence electrons. The molecule has 0 radical (unpaired) electrons. The fourth-order valence-corrected chi connectivity index (χ4v) is 1.59. The summed E-state index contributed by atoms with van der Waals surface area (Å²) in [6, 6.07) is 7.90. The highest BCUT2D eigenvalue weighted by atomic mass is 79.9. The van der Waals surface area contributed by atoms with Crippen molar-refractivity contribution in [3.8, 4) is 12.3 Å². The van der Waals surface area contributed by atoms with Gasteiger partial charge >= 0.3 is 0 Å². The number of terminal acetylenes is 1. The zero-order valence-electron chi connectivity index (χ0n) is 9.74. The summed E-state index contributed by atoms with van der Waals surface area (Å²) >= 11 is 3.37. The number of carbonyl (C=O) groups is 1. The summed E-state index contributed by atoms with van der Waals surface area (Å²) in [6.07, 6.45) is 5.09. The van der Waals surface area contributed by atoms with E-state index in [-0.39, 0.29) is 12.5 Å². The highest BCUT2D eigenvalue weighted by Gasteiger charge is 2.07. The molecule has 0 fully saturated rings. The van der Waals surface area contributed by atoms with Crippen LogP contribution in [-0.2, 0) is 11.3 Å². The third-order valence-electron chi connectivity index (χ3n) is 2.26. The molecule has 1 aromatic carbocycles. The Morgan fingerprint density at radius 3 is 2.71 bits per heavy atom. The summed E-state index contributed by atoms with van der Waals surface area (Å²) in [7, 11) is 1.78. The monoisotopic (exact) mass is 294 g/mol. The Kier molecular flexibility index (Phi) is 5.75. The van der Waals surface area contributed by atoms with Gasteiger partial charge in [-0.15, -0.1) is 6.42 Å². The van der Waals surface area contributed by atoms with Gasteiger partial charge < -0.3 is 4.90 Å². The molecule has 1 aromatic rings. The number of hydrogen-bond donors (Lipinski definition) is 1. The van der Waals surface area contributed by atoms with Crippen molar-refractivity contribution >= 4 is 21.8 Å². The maximum atomic E-state index is 11.7. The van der Waals surface area contributed by atoms with Crippen LogP contribution in [0.15, 0.2) is 28.7 Å². The first-order chi connectivity index (χ1) is 8.13. The van der Waals surface area contributed by atoms with E-state index in [0.717, 1.165) is 10.0 Å². The van der Waals surface area contributed by atoms with Gasteiger partial charge in [0.15, 0.2) is 0 Å². The predicted molar refractivity (Wildman–Crippen MR) is 72.3 cm³/mol. The maximum Gasteiger partial charge on any atom is 0.236 e. The molecular weight excluding hydrogens is 280 g/mol. The number of nitrogens with one attached hydrogen (secondary N) is 1. The number of carbonyl (C=O) groups excluding carboxylic acids is 1. The van der Waals surface area contributed by atoms with Crippen molar-refractivity contribution in [2.24, 2.45) is 0 Å². The number of benzene rings is 1. The van der Waals surface area contributed by atoms with E-state index >= 15 is 0 Å². The Morgan fingerprint density at radius 1 is 1.47 bits per heavy atom. The second-order valence-electron chi connectivity index (χ2n) is 3.68. The smallest absolute Gasteiger partial charge is 0.236 e. The largest absolute Gasteiger partial charge is 0.340 e. The molecule has 0 spiro atoms. The number of rotatable bonds is 5. The summed E-state index contributed by atoms with van der Waals surface area (Å²) in [4.78, 5) is 13.3. The van der Waals surface area contributed by atoms with Crippen molar-refractivity contribution in [3.63, 3.8) is 0 Å². The topological polar surface area (TPSA) is 32.3 Å². The molecule has 0 bridgehead atoms. The quantitative estimate of drug-likeness (QED) is 0.661. The zero-order chi connectivity index (χ0) is 12.7. The molecule has 1 amide bonds. The molecule has 0 saturated carbocycles. The van der Waals surface area contributed by atoms with E-state index in [1.165, 1.54) is 0 Å². The van der Waals surface area contributed by atoms with Gasteiger partial charge in [-0.2, -0.15) is 0 Å². The van der Waals surface area contributed by atoms with Crippen LogP contribution in [0.4, 0.5) is 0 Å². The average Bonchev–Trinajstić information content (AvgIpc) is 2.32. The molecule has 0 aliphatic rings. The van der Waals surface area contributed by atoms with Crippen molar-refractivity contribution < 1.29 is 4.79 Å². The van der Waals surface area contributed by atoms with Crippen molar-refractivity contribution in [1.82, 2.24) is 10.2 Å². The molecule has 3 nitrogen and oxygen atoms in total. The van der Waals surface area contributed by atoms with Crippen molar-refractivity contribution in [1.29, 1.82) is 0 Å². The summed E-state index contributed by atoms with van der Waals surface area (Å²) in [5, 5.41) is 2.88. The summed E-state index contributed by atoms with van der Waals surface area (Å²) < 4.78 is 1.03. The van der Waals surface area contributed by atoms with Crippen LogP contribution >= 0.6 is 15.9 Å². The molecule has 0 aromatic heterocycles. The van der Waals surface area contributed by atoms with Gasteiger partial charge in [0.25, 0.3) is 0 Å². The Labute approximate surface area is 110 Å². The van der Waals surface area contributed by atoms with E-state index in [9.17, 15) is 4.79 Å². The van der Waals surface area contributed by atoms with Crippen molar-refractivity contribution in [2.75, 3.05) is 20.1 Å². The van der Waals surface area contributed by atoms with Crippen LogP contribution in [-0.4, -0.2) is 30.9 Å². The lowest BCUT2D eigenvalue weighted by atomic mass is 10.2. The highest BCUT2D eigenvalue weighted by Crippen LogP contribution is 2.11. The Balaban J connectivity index is 2.43. The average molecular weight is 295 g/mol. The van der Waals surface area contributed by atoms with E-state index in [0.29, 0.717) is 13.1 Å². The number of likely N-dealkylation sites (N-methyl/N-ethyl adjacent to an activating group) is 1. The lowest BCUT2D eigenvalue weighted by Crippen LogP contribution is -2.35. The molecule has 0 unspecified atom stereocenters. The second-order valence-corrected chi connectivity index (χ2v) is 4.60. The van der Waals surface area contributed by atoms with Crippen LogP contribution in [0.25, 0.3) is 0 Å².